The molecule has 4 aliphatic rings. The van der Waals surface area contributed by atoms with Crippen molar-refractivity contribution in [2.24, 2.45) is 11.0 Å². The molecule has 3 aliphatic heterocycles. The molecule has 2 fully saturated rings. The Bertz CT molecular complexity index is 1130. The molecule has 3 atom stereocenters. The van der Waals surface area contributed by atoms with E-state index in [0.29, 0.717) is 25.9 Å². The maximum absolute atomic E-state index is 13.5. The largest absolute Gasteiger partial charge is 0.338 e. The first-order valence-corrected chi connectivity index (χ1v) is 13.0. The van der Waals surface area contributed by atoms with Gasteiger partial charge in [-0.25, -0.2) is 0 Å². The predicted molar refractivity (Wildman–Crippen MR) is 134 cm³/mol. The van der Waals surface area contributed by atoms with Crippen LogP contribution in [0.25, 0.3) is 0 Å². The maximum Gasteiger partial charge on any atom is 0.231 e. The SMILES string of the molecule is O=C(CCC1=NNC2N(Cc3ccccc3)C(=O)C3CCCCC3N12)N1CCc2ccccc2C1. The van der Waals surface area contributed by atoms with Crippen LogP contribution in [-0.4, -0.2) is 51.2 Å². The number of amides is 2. The molecule has 7 nitrogen and oxygen atoms in total. The quantitative estimate of drug-likeness (QED) is 0.725. The topological polar surface area (TPSA) is 68.2 Å². The number of carbonyl (C=O) groups is 2. The standard InChI is InChI=1S/C28H33N5O2/c34-26(31-17-16-21-10-4-5-11-22(21)19-31)15-14-25-29-30-28-32(18-20-8-2-1-3-9-20)27(35)23-12-6-7-13-24(23)33(25)28/h1-5,8-11,23-24,28,30H,6-7,12-19H2. The molecule has 0 aromatic heterocycles. The summed E-state index contributed by atoms with van der Waals surface area (Å²) in [6.07, 6.45) is 5.84. The average Bonchev–Trinajstić information content (AvgIpc) is 3.34. The molecule has 1 N–H and O–H groups in total. The summed E-state index contributed by atoms with van der Waals surface area (Å²) >= 11 is 0. The Kier molecular flexibility index (Phi) is 5.92. The Morgan fingerprint density at radius 1 is 1.00 bits per heavy atom. The third-order valence-corrected chi connectivity index (χ3v) is 8.09. The molecule has 2 aromatic carbocycles. The van der Waals surface area contributed by atoms with Gasteiger partial charge in [-0.1, -0.05) is 67.4 Å². The lowest BCUT2D eigenvalue weighted by Crippen LogP contribution is -2.67. The van der Waals surface area contributed by atoms with Crippen LogP contribution in [0.5, 0.6) is 0 Å². The normalized spacial score (nSPS) is 25.4. The summed E-state index contributed by atoms with van der Waals surface area (Å²) in [6.45, 7) is 2.03. The minimum absolute atomic E-state index is 0.00288. The fraction of sp³-hybridized carbons (Fsp3) is 0.464. The van der Waals surface area contributed by atoms with Crippen LogP contribution in [0.4, 0.5) is 0 Å². The van der Waals surface area contributed by atoms with E-state index in [-0.39, 0.29) is 30.1 Å². The Morgan fingerprint density at radius 3 is 2.63 bits per heavy atom. The van der Waals surface area contributed by atoms with Crippen molar-refractivity contribution >= 4 is 17.6 Å². The van der Waals surface area contributed by atoms with Crippen molar-refractivity contribution in [3.05, 3.63) is 71.3 Å². The molecule has 7 heteroatoms. The van der Waals surface area contributed by atoms with Gasteiger partial charge >= 0.3 is 0 Å². The number of hydrogen-bond donors (Lipinski definition) is 1. The highest BCUT2D eigenvalue weighted by atomic mass is 16.2. The van der Waals surface area contributed by atoms with Gasteiger partial charge in [-0.2, -0.15) is 5.10 Å². The first kappa shape index (κ1) is 22.1. The summed E-state index contributed by atoms with van der Waals surface area (Å²) in [7, 11) is 0. The number of benzene rings is 2. The number of fused-ring (bicyclic) bond motifs is 4. The number of rotatable bonds is 5. The summed E-state index contributed by atoms with van der Waals surface area (Å²) in [4.78, 5) is 32.9. The number of amidine groups is 1. The van der Waals surface area contributed by atoms with Crippen molar-refractivity contribution in [1.82, 2.24) is 20.1 Å². The Hall–Kier alpha value is -3.35. The summed E-state index contributed by atoms with van der Waals surface area (Å²) < 4.78 is 0. The van der Waals surface area contributed by atoms with Crippen LogP contribution in [-0.2, 0) is 29.1 Å². The second kappa shape index (κ2) is 9.36. The van der Waals surface area contributed by atoms with E-state index in [0.717, 1.165) is 50.0 Å². The first-order chi connectivity index (χ1) is 17.2. The zero-order valence-electron chi connectivity index (χ0n) is 20.1. The summed E-state index contributed by atoms with van der Waals surface area (Å²) in [5.41, 5.74) is 6.97. The predicted octanol–water partition coefficient (Wildman–Crippen LogP) is 3.46. The molecule has 0 spiro atoms. The summed E-state index contributed by atoms with van der Waals surface area (Å²) in [5, 5.41) is 4.68. The summed E-state index contributed by atoms with van der Waals surface area (Å²) in [6, 6.07) is 18.7. The van der Waals surface area contributed by atoms with Crippen molar-refractivity contribution in [2.75, 3.05) is 6.54 Å². The lowest BCUT2D eigenvalue weighted by Gasteiger charge is -2.50. The van der Waals surface area contributed by atoms with Gasteiger partial charge < -0.3 is 9.80 Å². The molecule has 3 unspecified atom stereocenters. The Morgan fingerprint density at radius 2 is 1.77 bits per heavy atom. The van der Waals surface area contributed by atoms with E-state index in [1.54, 1.807) is 0 Å². The smallest absolute Gasteiger partial charge is 0.231 e. The van der Waals surface area contributed by atoms with Crippen LogP contribution in [0.2, 0.25) is 0 Å². The molecule has 0 radical (unpaired) electrons. The lowest BCUT2D eigenvalue weighted by molar-refractivity contribution is -0.156. The van der Waals surface area contributed by atoms with Crippen molar-refractivity contribution in [3.63, 3.8) is 0 Å². The Balaban J connectivity index is 1.16. The molecule has 3 heterocycles. The van der Waals surface area contributed by atoms with E-state index < -0.39 is 0 Å². The molecule has 1 saturated heterocycles. The van der Waals surface area contributed by atoms with Crippen LogP contribution >= 0.6 is 0 Å². The monoisotopic (exact) mass is 471 g/mol. The highest BCUT2D eigenvalue weighted by Gasteiger charge is 2.50. The molecule has 182 valence electrons. The molecule has 0 bridgehead atoms. The fourth-order valence-electron chi connectivity index (χ4n) is 6.27. The maximum atomic E-state index is 13.5. The highest BCUT2D eigenvalue weighted by Crippen LogP contribution is 2.38. The molecule has 2 amide bonds. The van der Waals surface area contributed by atoms with E-state index in [9.17, 15) is 9.59 Å². The number of nitrogens with zero attached hydrogens (tertiary/aromatic N) is 4. The van der Waals surface area contributed by atoms with E-state index in [2.05, 4.69) is 45.8 Å². The third-order valence-electron chi connectivity index (χ3n) is 8.09. The van der Waals surface area contributed by atoms with Gasteiger partial charge in [0, 0.05) is 38.5 Å². The number of carbonyl (C=O) groups excluding carboxylic acids is 2. The molecule has 1 saturated carbocycles. The van der Waals surface area contributed by atoms with E-state index in [1.165, 1.54) is 11.1 Å². The number of hydrogen-bond acceptors (Lipinski definition) is 5. The second-order valence-corrected chi connectivity index (χ2v) is 10.2. The van der Waals surface area contributed by atoms with Crippen molar-refractivity contribution < 1.29 is 9.59 Å². The molecular weight excluding hydrogens is 438 g/mol. The van der Waals surface area contributed by atoms with Gasteiger partial charge in [-0.3, -0.25) is 19.9 Å². The van der Waals surface area contributed by atoms with E-state index in [4.69, 9.17) is 0 Å². The van der Waals surface area contributed by atoms with Gasteiger partial charge in [0.1, 0.15) is 5.84 Å². The Labute approximate surface area is 206 Å². The number of nitrogens with one attached hydrogen (secondary N) is 1. The fourth-order valence-corrected chi connectivity index (χ4v) is 6.27. The van der Waals surface area contributed by atoms with E-state index in [1.807, 2.05) is 34.1 Å². The molecule has 35 heavy (non-hydrogen) atoms. The van der Waals surface area contributed by atoms with Gasteiger partial charge in [0.05, 0.1) is 5.92 Å². The first-order valence-electron chi connectivity index (χ1n) is 13.0. The van der Waals surface area contributed by atoms with Crippen molar-refractivity contribution in [2.45, 2.75) is 70.4 Å². The average molecular weight is 472 g/mol. The lowest BCUT2D eigenvalue weighted by atomic mass is 9.80. The minimum Gasteiger partial charge on any atom is -0.338 e. The third kappa shape index (κ3) is 4.17. The van der Waals surface area contributed by atoms with Crippen molar-refractivity contribution in [1.29, 1.82) is 0 Å². The van der Waals surface area contributed by atoms with Crippen molar-refractivity contribution in [3.8, 4) is 0 Å². The summed E-state index contributed by atoms with van der Waals surface area (Å²) in [5.74, 6) is 1.33. The van der Waals surface area contributed by atoms with Crippen LogP contribution in [0.1, 0.15) is 55.2 Å². The minimum atomic E-state index is -0.269. The van der Waals surface area contributed by atoms with E-state index >= 15 is 0 Å². The molecule has 6 rings (SSSR count). The molecular formula is C28H33N5O2. The van der Waals surface area contributed by atoms with Gasteiger partial charge in [0.2, 0.25) is 11.8 Å². The van der Waals surface area contributed by atoms with Gasteiger partial charge in [-0.15, -0.1) is 0 Å². The van der Waals surface area contributed by atoms with Crippen LogP contribution in [0.15, 0.2) is 59.7 Å². The van der Waals surface area contributed by atoms with Gasteiger partial charge in [0.15, 0.2) is 6.29 Å². The van der Waals surface area contributed by atoms with Gasteiger partial charge in [-0.05, 0) is 36.0 Å². The second-order valence-electron chi connectivity index (χ2n) is 10.2. The molecule has 1 aliphatic carbocycles. The zero-order chi connectivity index (χ0) is 23.8. The van der Waals surface area contributed by atoms with Crippen LogP contribution in [0, 0.1) is 5.92 Å². The van der Waals surface area contributed by atoms with Crippen LogP contribution in [0.3, 0.4) is 0 Å². The highest BCUT2D eigenvalue weighted by molar-refractivity contribution is 5.91. The number of hydrazone groups is 1. The molecule has 2 aromatic rings. The van der Waals surface area contributed by atoms with Crippen LogP contribution < -0.4 is 5.43 Å². The van der Waals surface area contributed by atoms with Gasteiger partial charge in [0.25, 0.3) is 0 Å². The zero-order valence-corrected chi connectivity index (χ0v) is 20.1.